The topological polar surface area (TPSA) is 35.5 Å². The van der Waals surface area contributed by atoms with Crippen LogP contribution >= 0.6 is 0 Å². The van der Waals surface area contributed by atoms with Gasteiger partial charge in [-0.3, -0.25) is 4.79 Å². The van der Waals surface area contributed by atoms with Gasteiger partial charge in [-0.05, 0) is 12.8 Å². The molecule has 3 aliphatic rings. The first-order valence-corrected chi connectivity index (χ1v) is 6.23. The van der Waals surface area contributed by atoms with Gasteiger partial charge in [0.1, 0.15) is 0 Å². The molecule has 2 bridgehead atoms. The summed E-state index contributed by atoms with van der Waals surface area (Å²) in [6.07, 6.45) is 9.43. The number of unbranched alkanes of at least 4 members (excludes halogenated alkanes) is 1. The van der Waals surface area contributed by atoms with Gasteiger partial charge in [-0.2, -0.15) is 0 Å². The van der Waals surface area contributed by atoms with E-state index in [0.29, 0.717) is 0 Å². The predicted molar refractivity (Wildman–Crippen MR) is 65.5 cm³/mol. The van der Waals surface area contributed by atoms with Gasteiger partial charge in [0.2, 0.25) is 11.6 Å². The van der Waals surface area contributed by atoms with E-state index in [-0.39, 0.29) is 17.6 Å². The van der Waals surface area contributed by atoms with Crippen LogP contribution in [-0.4, -0.2) is 25.8 Å². The van der Waals surface area contributed by atoms with Crippen molar-refractivity contribution in [2.75, 3.05) is 14.2 Å². The second kappa shape index (κ2) is 4.75. The van der Waals surface area contributed by atoms with E-state index in [9.17, 15) is 4.79 Å². The summed E-state index contributed by atoms with van der Waals surface area (Å²) in [5, 5.41) is 0. The summed E-state index contributed by atoms with van der Waals surface area (Å²) >= 11 is 0. The maximum atomic E-state index is 12.4. The minimum absolute atomic E-state index is 0.0450. The van der Waals surface area contributed by atoms with E-state index in [0.717, 1.165) is 19.3 Å². The van der Waals surface area contributed by atoms with Gasteiger partial charge < -0.3 is 9.47 Å². The third-order valence-electron chi connectivity index (χ3n) is 3.79. The zero-order valence-electron chi connectivity index (χ0n) is 10.7. The Bertz CT molecular complexity index is 364. The van der Waals surface area contributed by atoms with Gasteiger partial charge in [0.15, 0.2) is 0 Å². The maximum absolute atomic E-state index is 12.4. The lowest BCUT2D eigenvalue weighted by Crippen LogP contribution is -2.55. The maximum Gasteiger partial charge on any atom is 0.239 e. The zero-order chi connectivity index (χ0) is 12.5. The quantitative estimate of drug-likeness (QED) is 0.543. The summed E-state index contributed by atoms with van der Waals surface area (Å²) < 4.78 is 10.7. The van der Waals surface area contributed by atoms with Crippen molar-refractivity contribution in [3.05, 3.63) is 23.8 Å². The summed E-state index contributed by atoms with van der Waals surface area (Å²) in [5.74, 6) is -1.27. The molecule has 0 unspecified atom stereocenters. The number of hydrogen-bond donors (Lipinski definition) is 0. The van der Waals surface area contributed by atoms with Crippen LogP contribution < -0.4 is 0 Å². The van der Waals surface area contributed by atoms with Gasteiger partial charge >= 0.3 is 0 Å². The zero-order valence-corrected chi connectivity index (χ0v) is 10.7. The lowest BCUT2D eigenvalue weighted by Gasteiger charge is -2.43. The van der Waals surface area contributed by atoms with Crippen LogP contribution in [0.1, 0.15) is 26.2 Å². The van der Waals surface area contributed by atoms with Crippen molar-refractivity contribution < 1.29 is 14.3 Å². The molecule has 17 heavy (non-hydrogen) atoms. The predicted octanol–water partition coefficient (Wildman–Crippen LogP) is 2.48. The van der Waals surface area contributed by atoms with Crippen molar-refractivity contribution in [2.45, 2.75) is 32.0 Å². The first-order valence-electron chi connectivity index (χ1n) is 6.23. The molecule has 3 aliphatic carbocycles. The molecule has 0 fully saturated rings. The molecule has 0 heterocycles. The van der Waals surface area contributed by atoms with E-state index in [1.165, 1.54) is 19.8 Å². The molecule has 0 aromatic rings. The highest BCUT2D eigenvalue weighted by molar-refractivity contribution is 5.95. The standard InChI is InChI=1S/C14H20O3/c1-4-5-6-10-9-11-7-8-12(10)13(15)14(11,16-2)17-3/h7-9,11-12H,4-6H2,1-3H3/t11-,12-/m0/s1. The van der Waals surface area contributed by atoms with Crippen LogP contribution in [0.2, 0.25) is 0 Å². The van der Waals surface area contributed by atoms with Crippen molar-refractivity contribution >= 4 is 5.78 Å². The van der Waals surface area contributed by atoms with Crippen LogP contribution in [0.25, 0.3) is 0 Å². The molecule has 0 saturated carbocycles. The largest absolute Gasteiger partial charge is 0.346 e. The number of Topliss-reactive ketones (excluding diaryl/α,β-unsaturated/α-hetero) is 1. The first kappa shape index (κ1) is 12.5. The van der Waals surface area contributed by atoms with Crippen LogP contribution in [0, 0.1) is 11.8 Å². The van der Waals surface area contributed by atoms with Crippen molar-refractivity contribution in [1.82, 2.24) is 0 Å². The Kier molecular flexibility index (Phi) is 3.50. The summed E-state index contributed by atoms with van der Waals surface area (Å²) in [7, 11) is 3.07. The van der Waals surface area contributed by atoms with Crippen LogP contribution in [0.15, 0.2) is 23.8 Å². The summed E-state index contributed by atoms with van der Waals surface area (Å²) in [5.41, 5.74) is 1.23. The lowest BCUT2D eigenvalue weighted by atomic mass is 9.70. The monoisotopic (exact) mass is 236 g/mol. The molecule has 2 atom stereocenters. The van der Waals surface area contributed by atoms with Gasteiger partial charge in [-0.1, -0.05) is 37.1 Å². The summed E-state index contributed by atoms with van der Waals surface area (Å²) in [4.78, 5) is 12.4. The van der Waals surface area contributed by atoms with Crippen LogP contribution in [-0.2, 0) is 14.3 Å². The smallest absolute Gasteiger partial charge is 0.239 e. The average molecular weight is 236 g/mol. The molecule has 94 valence electrons. The van der Waals surface area contributed by atoms with Gasteiger partial charge in [0.25, 0.3) is 0 Å². The average Bonchev–Trinajstić information content (AvgIpc) is 2.38. The molecule has 0 spiro atoms. The number of rotatable bonds is 5. The van der Waals surface area contributed by atoms with E-state index in [1.54, 1.807) is 0 Å². The number of allylic oxidation sites excluding steroid dienone is 2. The highest BCUT2D eigenvalue weighted by Gasteiger charge is 2.53. The highest BCUT2D eigenvalue weighted by Crippen LogP contribution is 2.43. The van der Waals surface area contributed by atoms with E-state index in [2.05, 4.69) is 13.0 Å². The van der Waals surface area contributed by atoms with Gasteiger partial charge in [0, 0.05) is 14.2 Å². The number of carbonyl (C=O) groups excluding carboxylic acids is 1. The van der Waals surface area contributed by atoms with Crippen molar-refractivity contribution in [3.63, 3.8) is 0 Å². The lowest BCUT2D eigenvalue weighted by molar-refractivity contribution is -0.223. The Labute approximate surface area is 102 Å². The normalized spacial score (nSPS) is 29.6. The number of ketones is 1. The molecule has 0 radical (unpaired) electrons. The van der Waals surface area contributed by atoms with Crippen molar-refractivity contribution in [2.24, 2.45) is 11.8 Å². The van der Waals surface area contributed by atoms with E-state index >= 15 is 0 Å². The number of carbonyl (C=O) groups is 1. The minimum atomic E-state index is -1.09. The Hall–Kier alpha value is -0.930. The summed E-state index contributed by atoms with van der Waals surface area (Å²) in [6.45, 7) is 2.16. The Morgan fingerprint density at radius 2 is 2.00 bits per heavy atom. The third kappa shape index (κ3) is 1.78. The fourth-order valence-electron chi connectivity index (χ4n) is 2.79. The molecule has 0 saturated heterocycles. The molecule has 0 amide bonds. The van der Waals surface area contributed by atoms with Crippen LogP contribution in [0.4, 0.5) is 0 Å². The molecule has 3 nitrogen and oxygen atoms in total. The molecule has 0 aromatic carbocycles. The molecule has 3 rings (SSSR count). The number of hydrogen-bond acceptors (Lipinski definition) is 3. The SMILES string of the molecule is CCCCC1=C[C@@H]2C=C[C@@H]1C(=O)C2(OC)OC. The number of ether oxygens (including phenoxy) is 2. The molecular formula is C14H20O3. The van der Waals surface area contributed by atoms with Gasteiger partial charge in [-0.15, -0.1) is 0 Å². The van der Waals surface area contributed by atoms with Gasteiger partial charge in [-0.25, -0.2) is 0 Å². The minimum Gasteiger partial charge on any atom is -0.346 e. The van der Waals surface area contributed by atoms with Gasteiger partial charge in [0.05, 0.1) is 11.8 Å². The van der Waals surface area contributed by atoms with E-state index in [1.807, 2.05) is 12.2 Å². The Morgan fingerprint density at radius 1 is 1.29 bits per heavy atom. The second-order valence-electron chi connectivity index (χ2n) is 4.67. The molecule has 3 heteroatoms. The Balaban J connectivity index is 2.28. The molecule has 0 N–H and O–H groups in total. The number of methoxy groups -OCH3 is 2. The fraction of sp³-hybridized carbons (Fsp3) is 0.643. The second-order valence-corrected chi connectivity index (χ2v) is 4.67. The molecular weight excluding hydrogens is 216 g/mol. The van der Waals surface area contributed by atoms with Crippen LogP contribution in [0.3, 0.4) is 0 Å². The Morgan fingerprint density at radius 3 is 2.53 bits per heavy atom. The first-order chi connectivity index (χ1) is 8.19. The number of fused-ring (bicyclic) bond motifs is 1. The van der Waals surface area contributed by atoms with Crippen molar-refractivity contribution in [1.29, 1.82) is 0 Å². The van der Waals surface area contributed by atoms with Crippen LogP contribution in [0.5, 0.6) is 0 Å². The van der Waals surface area contributed by atoms with E-state index < -0.39 is 5.79 Å². The fourth-order valence-corrected chi connectivity index (χ4v) is 2.79. The summed E-state index contributed by atoms with van der Waals surface area (Å²) in [6, 6.07) is 0. The highest BCUT2D eigenvalue weighted by atomic mass is 16.7. The molecule has 0 aliphatic heterocycles. The molecule has 0 aromatic heterocycles. The third-order valence-corrected chi connectivity index (χ3v) is 3.79. The van der Waals surface area contributed by atoms with Crippen molar-refractivity contribution in [3.8, 4) is 0 Å². The van der Waals surface area contributed by atoms with E-state index in [4.69, 9.17) is 9.47 Å².